The minimum absolute atomic E-state index is 0.797. The molecule has 2 heteroatoms. The van der Waals surface area contributed by atoms with E-state index in [0.29, 0.717) is 0 Å². The molecule has 0 amide bonds. The quantitative estimate of drug-likeness (QED) is 0.739. The van der Waals surface area contributed by atoms with Gasteiger partial charge in [-0.3, -0.25) is 9.69 Å². The molecule has 0 spiro atoms. The molecule has 1 saturated heterocycles. The number of rotatable bonds is 4. The molecule has 1 aromatic rings. The maximum Gasteiger partial charge on any atom is 0.150 e. The number of nitrogens with zero attached hydrogens (tertiary/aromatic N) is 1. The van der Waals surface area contributed by atoms with E-state index in [4.69, 9.17) is 0 Å². The van der Waals surface area contributed by atoms with Crippen molar-refractivity contribution in [1.82, 2.24) is 4.90 Å². The minimum Gasteiger partial charge on any atom is -0.300 e. The van der Waals surface area contributed by atoms with Gasteiger partial charge in [-0.25, -0.2) is 0 Å². The molecule has 17 heavy (non-hydrogen) atoms. The molecule has 2 aliphatic rings. The fourth-order valence-electron chi connectivity index (χ4n) is 3.40. The molecule has 1 aromatic carbocycles. The number of piperidine rings is 1. The normalized spacial score (nSPS) is 27.5. The summed E-state index contributed by atoms with van der Waals surface area (Å²) < 4.78 is 0. The number of carbonyl (C=O) groups is 1. The van der Waals surface area contributed by atoms with Gasteiger partial charge in [0.15, 0.2) is 0 Å². The molecule has 1 aliphatic carbocycles. The van der Waals surface area contributed by atoms with Gasteiger partial charge in [0.25, 0.3) is 0 Å². The lowest BCUT2D eigenvalue weighted by Gasteiger charge is -2.26. The van der Waals surface area contributed by atoms with Crippen LogP contribution in [0.3, 0.4) is 0 Å². The highest BCUT2D eigenvalue weighted by Gasteiger charge is 2.36. The second-order valence-electron chi connectivity index (χ2n) is 5.44. The van der Waals surface area contributed by atoms with Crippen LogP contribution in [0.1, 0.15) is 35.2 Å². The van der Waals surface area contributed by atoms with Crippen LogP contribution >= 0.6 is 0 Å². The van der Waals surface area contributed by atoms with Crippen molar-refractivity contribution in [3.8, 4) is 0 Å². The van der Waals surface area contributed by atoms with Crippen LogP contribution in [0.25, 0.3) is 0 Å². The van der Waals surface area contributed by atoms with E-state index in [1.807, 2.05) is 18.2 Å². The Balaban J connectivity index is 1.58. The van der Waals surface area contributed by atoms with Crippen molar-refractivity contribution in [2.75, 3.05) is 13.1 Å². The van der Waals surface area contributed by atoms with Gasteiger partial charge in [0.1, 0.15) is 6.29 Å². The van der Waals surface area contributed by atoms with Crippen LogP contribution in [-0.4, -0.2) is 30.3 Å². The van der Waals surface area contributed by atoms with E-state index in [1.54, 1.807) is 0 Å². The topological polar surface area (TPSA) is 20.3 Å². The molecular formula is C15H19NO. The molecule has 90 valence electrons. The van der Waals surface area contributed by atoms with Gasteiger partial charge >= 0.3 is 0 Å². The molecule has 0 radical (unpaired) electrons. The number of fused-ring (bicyclic) bond motifs is 2. The monoisotopic (exact) mass is 229 g/mol. The summed E-state index contributed by atoms with van der Waals surface area (Å²) in [5.74, 6) is 0.973. The molecule has 0 N–H and O–H groups in total. The minimum atomic E-state index is 0.797. The lowest BCUT2D eigenvalue weighted by molar-refractivity contribution is 0.112. The first-order chi connectivity index (χ1) is 8.35. The van der Waals surface area contributed by atoms with Crippen LogP contribution < -0.4 is 0 Å². The fraction of sp³-hybridized carbons (Fsp3) is 0.533. The molecule has 2 bridgehead atoms. The first-order valence-electron chi connectivity index (χ1n) is 6.63. The maximum absolute atomic E-state index is 10.7. The number of benzene rings is 1. The van der Waals surface area contributed by atoms with Gasteiger partial charge < -0.3 is 0 Å². The zero-order valence-corrected chi connectivity index (χ0v) is 10.1. The summed E-state index contributed by atoms with van der Waals surface area (Å²) in [6.45, 7) is 2.46. The maximum atomic E-state index is 10.7. The molecular weight excluding hydrogens is 210 g/mol. The van der Waals surface area contributed by atoms with Crippen LogP contribution in [0.5, 0.6) is 0 Å². The smallest absolute Gasteiger partial charge is 0.150 e. The summed E-state index contributed by atoms with van der Waals surface area (Å²) in [4.78, 5) is 13.4. The van der Waals surface area contributed by atoms with Crippen LogP contribution in [0.15, 0.2) is 24.3 Å². The Labute approximate surface area is 103 Å². The number of carbonyl (C=O) groups excluding carboxylic acids is 1. The lowest BCUT2D eigenvalue weighted by atomic mass is 10.1. The molecule has 2 atom stereocenters. The third kappa shape index (κ3) is 2.27. The Morgan fingerprint density at radius 1 is 1.35 bits per heavy atom. The summed E-state index contributed by atoms with van der Waals surface area (Å²) in [6.07, 6.45) is 6.28. The van der Waals surface area contributed by atoms with Crippen molar-refractivity contribution < 1.29 is 4.79 Å². The van der Waals surface area contributed by atoms with Crippen molar-refractivity contribution >= 4 is 6.29 Å². The van der Waals surface area contributed by atoms with Crippen LogP contribution in [-0.2, 0) is 6.42 Å². The van der Waals surface area contributed by atoms with Crippen molar-refractivity contribution in [3.05, 3.63) is 35.4 Å². The first-order valence-corrected chi connectivity index (χ1v) is 6.63. The Bertz CT molecular complexity index is 415. The zero-order chi connectivity index (χ0) is 11.7. The van der Waals surface area contributed by atoms with E-state index >= 15 is 0 Å². The Hall–Kier alpha value is -1.15. The Morgan fingerprint density at radius 2 is 2.29 bits per heavy atom. The fourth-order valence-corrected chi connectivity index (χ4v) is 3.40. The SMILES string of the molecule is O=Cc1cccc(CCN2CC3CCC2C3)c1. The Kier molecular flexibility index (Phi) is 2.98. The summed E-state index contributed by atoms with van der Waals surface area (Å²) in [6, 6.07) is 8.85. The highest BCUT2D eigenvalue weighted by molar-refractivity contribution is 5.74. The third-order valence-electron chi connectivity index (χ3n) is 4.30. The zero-order valence-electron chi connectivity index (χ0n) is 10.1. The summed E-state index contributed by atoms with van der Waals surface area (Å²) >= 11 is 0. The molecule has 2 unspecified atom stereocenters. The van der Waals surface area contributed by atoms with E-state index in [2.05, 4.69) is 11.0 Å². The predicted octanol–water partition coefficient (Wildman–Crippen LogP) is 2.53. The average Bonchev–Trinajstić information content (AvgIpc) is 2.99. The molecule has 1 saturated carbocycles. The van der Waals surface area contributed by atoms with Crippen LogP contribution in [0.4, 0.5) is 0 Å². The number of likely N-dealkylation sites (tertiary alicyclic amines) is 1. The molecule has 1 aliphatic heterocycles. The van der Waals surface area contributed by atoms with E-state index in [0.717, 1.165) is 36.8 Å². The second kappa shape index (κ2) is 4.61. The van der Waals surface area contributed by atoms with Crippen LogP contribution in [0.2, 0.25) is 0 Å². The van der Waals surface area contributed by atoms with Gasteiger partial charge in [-0.1, -0.05) is 18.2 Å². The van der Waals surface area contributed by atoms with E-state index in [-0.39, 0.29) is 0 Å². The highest BCUT2D eigenvalue weighted by atomic mass is 16.1. The number of hydrogen-bond donors (Lipinski definition) is 0. The second-order valence-corrected chi connectivity index (χ2v) is 5.44. The van der Waals surface area contributed by atoms with Gasteiger partial charge in [-0.2, -0.15) is 0 Å². The van der Waals surface area contributed by atoms with Crippen molar-refractivity contribution in [2.24, 2.45) is 5.92 Å². The molecule has 3 rings (SSSR count). The van der Waals surface area contributed by atoms with Crippen molar-refractivity contribution in [2.45, 2.75) is 31.7 Å². The predicted molar refractivity (Wildman–Crippen MR) is 68.2 cm³/mol. The third-order valence-corrected chi connectivity index (χ3v) is 4.30. The molecule has 0 aromatic heterocycles. The van der Waals surface area contributed by atoms with Gasteiger partial charge in [0.05, 0.1) is 0 Å². The summed E-state index contributed by atoms with van der Waals surface area (Å²) in [5.41, 5.74) is 2.09. The van der Waals surface area contributed by atoms with E-state index < -0.39 is 0 Å². The van der Waals surface area contributed by atoms with Gasteiger partial charge in [0, 0.05) is 24.7 Å². The Morgan fingerprint density at radius 3 is 3.00 bits per heavy atom. The van der Waals surface area contributed by atoms with E-state index in [9.17, 15) is 4.79 Å². The molecule has 1 heterocycles. The van der Waals surface area contributed by atoms with Gasteiger partial charge in [-0.15, -0.1) is 0 Å². The first kappa shape index (κ1) is 11.0. The number of hydrogen-bond acceptors (Lipinski definition) is 2. The van der Waals surface area contributed by atoms with Crippen molar-refractivity contribution in [3.63, 3.8) is 0 Å². The van der Waals surface area contributed by atoms with Crippen molar-refractivity contribution in [1.29, 1.82) is 0 Å². The standard InChI is InChI=1S/C15H19NO/c17-11-14-3-1-2-12(8-14)6-7-16-10-13-4-5-15(16)9-13/h1-3,8,11,13,15H,4-7,9-10H2. The van der Waals surface area contributed by atoms with E-state index in [1.165, 1.54) is 31.4 Å². The average molecular weight is 229 g/mol. The largest absolute Gasteiger partial charge is 0.300 e. The highest BCUT2D eigenvalue weighted by Crippen LogP contribution is 2.37. The molecule has 2 nitrogen and oxygen atoms in total. The molecule has 2 fully saturated rings. The number of aldehydes is 1. The summed E-state index contributed by atoms with van der Waals surface area (Å²) in [7, 11) is 0. The lowest BCUT2D eigenvalue weighted by Crippen LogP contribution is -2.33. The summed E-state index contributed by atoms with van der Waals surface area (Å²) in [5, 5.41) is 0. The van der Waals surface area contributed by atoms with Gasteiger partial charge in [0.2, 0.25) is 0 Å². The van der Waals surface area contributed by atoms with Crippen LogP contribution in [0, 0.1) is 5.92 Å². The van der Waals surface area contributed by atoms with Gasteiger partial charge in [-0.05, 0) is 43.2 Å².